The van der Waals surface area contributed by atoms with Crippen LogP contribution in [-0.2, 0) is 0 Å². The molecule has 4 rings (SSSR count). The monoisotopic (exact) mass is 368 g/mol. The van der Waals surface area contributed by atoms with Gasteiger partial charge < -0.3 is 10.2 Å². The summed E-state index contributed by atoms with van der Waals surface area (Å²) in [5.74, 6) is 0.607. The van der Waals surface area contributed by atoms with Gasteiger partial charge in [-0.2, -0.15) is 0 Å². The molecule has 2 aromatic heterocycles. The molecule has 0 atom stereocenters. The van der Waals surface area contributed by atoms with E-state index in [9.17, 15) is 9.59 Å². The molecule has 3 heterocycles. The van der Waals surface area contributed by atoms with Crippen LogP contribution in [0.2, 0.25) is 0 Å². The second-order valence-electron chi connectivity index (χ2n) is 6.59. The van der Waals surface area contributed by atoms with Gasteiger partial charge in [-0.1, -0.05) is 18.2 Å². The number of aryl methyl sites for hydroxylation is 1. The molecule has 0 aliphatic carbocycles. The number of nitrogens with zero attached hydrogens (tertiary/aromatic N) is 2. The number of amides is 1. The molecule has 1 aromatic carbocycles. The molecule has 0 spiro atoms. The first-order valence-electron chi connectivity index (χ1n) is 8.71. The number of hydrogen-bond donors (Lipinski definition) is 2. The summed E-state index contributed by atoms with van der Waals surface area (Å²) < 4.78 is 1.13. The lowest BCUT2D eigenvalue weighted by atomic mass is 10.1. The number of hydrogen-bond acceptors (Lipinski definition) is 5. The molecule has 1 aliphatic rings. The SMILES string of the molecule is Cc1cc(=O)[nH]c(N2CCC(NC(=O)c3cc4ccccc4s3)CC2)n1. The number of nitrogens with one attached hydrogen (secondary N) is 2. The van der Waals surface area contributed by atoms with Gasteiger partial charge in [0.1, 0.15) is 0 Å². The van der Waals surface area contributed by atoms with Crippen molar-refractivity contribution in [2.45, 2.75) is 25.8 Å². The van der Waals surface area contributed by atoms with Crippen molar-refractivity contribution in [2.24, 2.45) is 0 Å². The predicted molar refractivity (Wildman–Crippen MR) is 104 cm³/mol. The average molecular weight is 368 g/mol. The zero-order valence-electron chi connectivity index (χ0n) is 14.5. The van der Waals surface area contributed by atoms with Gasteiger partial charge in [0.15, 0.2) is 0 Å². The zero-order valence-corrected chi connectivity index (χ0v) is 15.3. The van der Waals surface area contributed by atoms with E-state index >= 15 is 0 Å². The fourth-order valence-electron chi connectivity index (χ4n) is 3.30. The van der Waals surface area contributed by atoms with Crippen molar-refractivity contribution in [3.05, 3.63) is 57.3 Å². The number of carbonyl (C=O) groups excluding carboxylic acids is 1. The summed E-state index contributed by atoms with van der Waals surface area (Å²) in [5, 5.41) is 4.25. The minimum atomic E-state index is -0.132. The van der Waals surface area contributed by atoms with Crippen LogP contribution in [0.25, 0.3) is 10.1 Å². The number of benzene rings is 1. The molecule has 2 N–H and O–H groups in total. The van der Waals surface area contributed by atoms with Crippen LogP contribution in [0.3, 0.4) is 0 Å². The lowest BCUT2D eigenvalue weighted by Gasteiger charge is -2.32. The van der Waals surface area contributed by atoms with Gasteiger partial charge in [-0.3, -0.25) is 14.6 Å². The van der Waals surface area contributed by atoms with Crippen molar-refractivity contribution in [3.63, 3.8) is 0 Å². The highest BCUT2D eigenvalue weighted by atomic mass is 32.1. The number of rotatable bonds is 3. The van der Waals surface area contributed by atoms with Crippen LogP contribution < -0.4 is 15.8 Å². The molecule has 1 saturated heterocycles. The molecule has 1 fully saturated rings. The van der Waals surface area contributed by atoms with E-state index < -0.39 is 0 Å². The van der Waals surface area contributed by atoms with E-state index in [0.717, 1.165) is 40.9 Å². The van der Waals surface area contributed by atoms with Crippen LogP contribution >= 0.6 is 11.3 Å². The Morgan fingerprint density at radius 1 is 1.27 bits per heavy atom. The van der Waals surface area contributed by atoms with Crippen molar-refractivity contribution in [2.75, 3.05) is 18.0 Å². The van der Waals surface area contributed by atoms with E-state index in [0.29, 0.717) is 11.6 Å². The van der Waals surface area contributed by atoms with E-state index in [1.807, 2.05) is 37.3 Å². The summed E-state index contributed by atoms with van der Waals surface area (Å²) in [5.41, 5.74) is 0.580. The van der Waals surface area contributed by atoms with Crippen LogP contribution in [-0.4, -0.2) is 35.0 Å². The molecular weight excluding hydrogens is 348 g/mol. The van der Waals surface area contributed by atoms with E-state index in [4.69, 9.17) is 0 Å². The lowest BCUT2D eigenvalue weighted by molar-refractivity contribution is 0.0935. The van der Waals surface area contributed by atoms with Gasteiger partial charge in [0.05, 0.1) is 4.88 Å². The normalized spacial score (nSPS) is 15.3. The zero-order chi connectivity index (χ0) is 18.1. The minimum absolute atomic E-state index is 0.00765. The highest BCUT2D eigenvalue weighted by molar-refractivity contribution is 7.20. The van der Waals surface area contributed by atoms with Crippen LogP contribution in [0, 0.1) is 6.92 Å². The third-order valence-corrected chi connectivity index (χ3v) is 5.75. The number of fused-ring (bicyclic) bond motifs is 1. The molecule has 1 amide bonds. The number of aromatic amines is 1. The van der Waals surface area contributed by atoms with Crippen molar-refractivity contribution < 1.29 is 4.79 Å². The van der Waals surface area contributed by atoms with Gasteiger partial charge in [-0.05, 0) is 37.3 Å². The molecule has 0 radical (unpaired) electrons. The van der Waals surface area contributed by atoms with Crippen molar-refractivity contribution >= 4 is 33.3 Å². The van der Waals surface area contributed by atoms with E-state index in [1.165, 1.54) is 17.4 Å². The largest absolute Gasteiger partial charge is 0.348 e. The molecule has 6 nitrogen and oxygen atoms in total. The standard InChI is InChI=1S/C19H20N4O2S/c1-12-10-17(24)22-19(20-12)23-8-6-14(7-9-23)21-18(25)16-11-13-4-2-3-5-15(13)26-16/h2-5,10-11,14H,6-9H2,1H3,(H,21,25)(H,20,22,24). The maximum absolute atomic E-state index is 12.5. The summed E-state index contributed by atoms with van der Waals surface area (Å²) in [6.45, 7) is 3.32. The molecule has 0 bridgehead atoms. The quantitative estimate of drug-likeness (QED) is 0.745. The number of anilines is 1. The molecule has 26 heavy (non-hydrogen) atoms. The number of aromatic nitrogens is 2. The Morgan fingerprint density at radius 2 is 2.04 bits per heavy atom. The third kappa shape index (κ3) is 3.48. The molecule has 1 aliphatic heterocycles. The Morgan fingerprint density at radius 3 is 2.77 bits per heavy atom. The molecule has 3 aromatic rings. The summed E-state index contributed by atoms with van der Waals surface area (Å²) in [7, 11) is 0. The van der Waals surface area contributed by atoms with Crippen molar-refractivity contribution in [1.82, 2.24) is 15.3 Å². The van der Waals surface area contributed by atoms with Gasteiger partial charge in [-0.15, -0.1) is 11.3 Å². The summed E-state index contributed by atoms with van der Waals surface area (Å²) in [6.07, 6.45) is 1.66. The Bertz CT molecular complexity index is 969. The summed E-state index contributed by atoms with van der Waals surface area (Å²) in [4.78, 5) is 34.2. The second kappa shape index (κ2) is 6.92. The van der Waals surface area contributed by atoms with Gasteiger partial charge in [-0.25, -0.2) is 4.98 Å². The fourth-order valence-corrected chi connectivity index (χ4v) is 4.26. The van der Waals surface area contributed by atoms with Crippen LogP contribution in [0.5, 0.6) is 0 Å². The number of H-pyrrole nitrogens is 1. The highest BCUT2D eigenvalue weighted by Gasteiger charge is 2.23. The minimum Gasteiger partial charge on any atom is -0.348 e. The highest BCUT2D eigenvalue weighted by Crippen LogP contribution is 2.25. The molecule has 7 heteroatoms. The van der Waals surface area contributed by atoms with Crippen LogP contribution in [0.4, 0.5) is 5.95 Å². The van der Waals surface area contributed by atoms with Gasteiger partial charge in [0, 0.05) is 35.6 Å². The average Bonchev–Trinajstić information content (AvgIpc) is 3.06. The summed E-state index contributed by atoms with van der Waals surface area (Å²) >= 11 is 1.52. The van der Waals surface area contributed by atoms with Gasteiger partial charge in [0.25, 0.3) is 11.5 Å². The Balaban J connectivity index is 1.38. The van der Waals surface area contributed by atoms with Gasteiger partial charge in [0.2, 0.25) is 5.95 Å². The molecule has 134 valence electrons. The molecular formula is C19H20N4O2S. The number of thiophene rings is 1. The Kier molecular flexibility index (Phi) is 4.46. The number of piperidine rings is 1. The predicted octanol–water partition coefficient (Wildman–Crippen LogP) is 2.69. The maximum Gasteiger partial charge on any atom is 0.261 e. The van der Waals surface area contributed by atoms with Crippen molar-refractivity contribution in [3.8, 4) is 0 Å². The first-order valence-corrected chi connectivity index (χ1v) is 9.52. The Hall–Kier alpha value is -2.67. The first kappa shape index (κ1) is 16.8. The lowest BCUT2D eigenvalue weighted by Crippen LogP contribution is -2.45. The topological polar surface area (TPSA) is 78.1 Å². The molecule has 0 saturated carbocycles. The van der Waals surface area contributed by atoms with E-state index in [-0.39, 0.29) is 17.5 Å². The first-order chi connectivity index (χ1) is 12.6. The Labute approximate surface area is 154 Å². The van der Waals surface area contributed by atoms with Gasteiger partial charge >= 0.3 is 0 Å². The molecule has 0 unspecified atom stereocenters. The number of carbonyl (C=O) groups is 1. The van der Waals surface area contributed by atoms with Crippen LogP contribution in [0.15, 0.2) is 41.2 Å². The smallest absolute Gasteiger partial charge is 0.261 e. The maximum atomic E-state index is 12.5. The van der Waals surface area contributed by atoms with Crippen LogP contribution in [0.1, 0.15) is 28.2 Å². The third-order valence-electron chi connectivity index (χ3n) is 4.64. The summed E-state index contributed by atoms with van der Waals surface area (Å²) in [6, 6.07) is 11.6. The second-order valence-corrected chi connectivity index (χ2v) is 7.68. The van der Waals surface area contributed by atoms with E-state index in [2.05, 4.69) is 20.2 Å². The van der Waals surface area contributed by atoms with E-state index in [1.54, 1.807) is 0 Å². The van der Waals surface area contributed by atoms with Crippen molar-refractivity contribution in [1.29, 1.82) is 0 Å². The fraction of sp³-hybridized carbons (Fsp3) is 0.316.